The summed E-state index contributed by atoms with van der Waals surface area (Å²) in [4.78, 5) is 0. The summed E-state index contributed by atoms with van der Waals surface area (Å²) in [6.45, 7) is -0.599. The van der Waals surface area contributed by atoms with Gasteiger partial charge in [0, 0.05) is 11.8 Å². The molecule has 6 N–H and O–H groups in total. The van der Waals surface area contributed by atoms with Gasteiger partial charge in [0.1, 0.15) is 35.9 Å². The number of hydrogen-bond donors (Lipinski definition) is 6. The summed E-state index contributed by atoms with van der Waals surface area (Å²) >= 11 is 0. The average Bonchev–Trinajstić information content (AvgIpc) is 3.14. The van der Waals surface area contributed by atoms with Crippen molar-refractivity contribution in [1.29, 1.82) is 0 Å². The van der Waals surface area contributed by atoms with Crippen LogP contribution in [0, 0.1) is 0 Å². The van der Waals surface area contributed by atoms with Crippen molar-refractivity contribution in [2.45, 2.75) is 37.1 Å². The maximum absolute atomic E-state index is 10.3. The Bertz CT molecular complexity index is 1010. The second-order valence-electron chi connectivity index (χ2n) is 7.20. The predicted octanol–water partition coefficient (Wildman–Crippen LogP) is 0.613. The Kier molecular flexibility index (Phi) is 5.54. The largest absolute Gasteiger partial charge is 0.508 e. The maximum atomic E-state index is 10.3. The Labute approximate surface area is 171 Å². The van der Waals surface area contributed by atoms with Crippen LogP contribution in [0.5, 0.6) is 17.2 Å². The number of rotatable bonds is 5. The number of phenols is 2. The number of benzene rings is 2. The molecule has 4 rings (SSSR count). The summed E-state index contributed by atoms with van der Waals surface area (Å²) in [5.41, 5.74) is 1.10. The van der Waals surface area contributed by atoms with E-state index in [1.165, 1.54) is 6.07 Å². The van der Waals surface area contributed by atoms with E-state index in [0.29, 0.717) is 17.6 Å². The summed E-state index contributed by atoms with van der Waals surface area (Å²) in [6.07, 6.45) is -6.92. The van der Waals surface area contributed by atoms with Crippen LogP contribution in [-0.4, -0.2) is 68.0 Å². The first kappa shape index (κ1) is 20.5. The average molecular weight is 418 g/mol. The Morgan fingerprint density at radius 1 is 0.900 bits per heavy atom. The third-order valence-electron chi connectivity index (χ3n) is 5.07. The molecule has 30 heavy (non-hydrogen) atoms. The Hall–Kier alpha value is -2.82. The van der Waals surface area contributed by atoms with Crippen LogP contribution in [0.25, 0.3) is 11.0 Å². The molecule has 0 bridgehead atoms. The van der Waals surface area contributed by atoms with Crippen molar-refractivity contribution in [2.24, 2.45) is 0 Å². The van der Waals surface area contributed by atoms with Gasteiger partial charge in [0.05, 0.1) is 6.61 Å². The first-order valence-corrected chi connectivity index (χ1v) is 9.37. The van der Waals surface area contributed by atoms with Gasteiger partial charge in [-0.2, -0.15) is 0 Å². The molecule has 1 saturated heterocycles. The summed E-state index contributed by atoms with van der Waals surface area (Å²) in [5, 5.41) is 59.7. The molecular weight excluding hydrogens is 396 g/mol. The van der Waals surface area contributed by atoms with Crippen molar-refractivity contribution in [3.63, 3.8) is 0 Å². The van der Waals surface area contributed by atoms with Gasteiger partial charge in [0.25, 0.3) is 0 Å². The van der Waals surface area contributed by atoms with E-state index in [-0.39, 0.29) is 22.8 Å². The highest BCUT2D eigenvalue weighted by molar-refractivity contribution is 5.86. The highest BCUT2D eigenvalue weighted by atomic mass is 16.7. The first-order chi connectivity index (χ1) is 14.4. The SMILES string of the molecule is OC[C@H]1O[C@@H](Oc2c(O)ccc3cc(Cc4ccc(O)cc4)oc23)[C@H](O)[C@@H](O)[C@@H]1O. The number of aromatic hydroxyl groups is 2. The fraction of sp³-hybridized carbons (Fsp3) is 0.333. The number of phenolic OH excluding ortho intramolecular Hbond substituents is 2. The number of aliphatic hydroxyl groups is 4. The molecule has 3 aromatic rings. The Balaban J connectivity index is 1.62. The number of fused-ring (bicyclic) bond motifs is 1. The van der Waals surface area contributed by atoms with Crippen LogP contribution >= 0.6 is 0 Å². The Morgan fingerprint density at radius 3 is 2.33 bits per heavy atom. The van der Waals surface area contributed by atoms with Gasteiger partial charge in [-0.15, -0.1) is 0 Å². The third-order valence-corrected chi connectivity index (χ3v) is 5.07. The zero-order chi connectivity index (χ0) is 21.4. The molecule has 0 spiro atoms. The van der Waals surface area contributed by atoms with Crippen LogP contribution in [0.3, 0.4) is 0 Å². The molecule has 1 fully saturated rings. The van der Waals surface area contributed by atoms with E-state index in [4.69, 9.17) is 13.9 Å². The predicted molar refractivity (Wildman–Crippen MR) is 103 cm³/mol. The van der Waals surface area contributed by atoms with Gasteiger partial charge in [0.2, 0.25) is 12.0 Å². The minimum atomic E-state index is -1.62. The molecule has 0 amide bonds. The Morgan fingerprint density at radius 2 is 1.63 bits per heavy atom. The van der Waals surface area contributed by atoms with E-state index in [9.17, 15) is 30.6 Å². The lowest BCUT2D eigenvalue weighted by Crippen LogP contribution is -2.60. The summed E-state index contributed by atoms with van der Waals surface area (Å²) < 4.78 is 16.8. The van der Waals surface area contributed by atoms with Crippen molar-refractivity contribution in [1.82, 2.24) is 0 Å². The van der Waals surface area contributed by atoms with Crippen LogP contribution in [0.15, 0.2) is 46.9 Å². The third kappa shape index (κ3) is 3.81. The highest BCUT2D eigenvalue weighted by Crippen LogP contribution is 2.39. The zero-order valence-corrected chi connectivity index (χ0v) is 15.8. The minimum absolute atomic E-state index is 0.103. The van der Waals surface area contributed by atoms with Crippen LogP contribution in [-0.2, 0) is 11.2 Å². The van der Waals surface area contributed by atoms with Gasteiger partial charge in [0.15, 0.2) is 11.3 Å². The lowest BCUT2D eigenvalue weighted by Gasteiger charge is -2.39. The van der Waals surface area contributed by atoms with Crippen LogP contribution in [0.2, 0.25) is 0 Å². The first-order valence-electron chi connectivity index (χ1n) is 9.37. The van der Waals surface area contributed by atoms with Crippen molar-refractivity contribution in [3.05, 3.63) is 53.8 Å². The fourth-order valence-corrected chi connectivity index (χ4v) is 3.42. The molecule has 1 aromatic heterocycles. The number of ether oxygens (including phenoxy) is 2. The van der Waals surface area contributed by atoms with Gasteiger partial charge in [-0.05, 0) is 35.9 Å². The van der Waals surface area contributed by atoms with E-state index >= 15 is 0 Å². The molecule has 9 nitrogen and oxygen atoms in total. The molecule has 0 aliphatic carbocycles. The van der Waals surface area contributed by atoms with E-state index in [2.05, 4.69) is 0 Å². The minimum Gasteiger partial charge on any atom is -0.508 e. The molecule has 0 saturated carbocycles. The van der Waals surface area contributed by atoms with Crippen LogP contribution < -0.4 is 4.74 Å². The number of aliphatic hydroxyl groups excluding tert-OH is 4. The second-order valence-corrected chi connectivity index (χ2v) is 7.20. The van der Waals surface area contributed by atoms with Crippen LogP contribution in [0.4, 0.5) is 0 Å². The van der Waals surface area contributed by atoms with E-state index in [1.807, 2.05) is 0 Å². The second kappa shape index (κ2) is 8.13. The zero-order valence-electron chi connectivity index (χ0n) is 15.8. The highest BCUT2D eigenvalue weighted by Gasteiger charge is 2.45. The lowest BCUT2D eigenvalue weighted by molar-refractivity contribution is -0.277. The van der Waals surface area contributed by atoms with Crippen molar-refractivity contribution in [3.8, 4) is 17.2 Å². The number of furan rings is 1. The monoisotopic (exact) mass is 418 g/mol. The molecule has 5 atom stereocenters. The molecule has 0 unspecified atom stereocenters. The molecule has 1 aliphatic heterocycles. The topological polar surface area (TPSA) is 153 Å². The molecule has 9 heteroatoms. The van der Waals surface area contributed by atoms with Crippen molar-refractivity contribution < 1.29 is 44.5 Å². The van der Waals surface area contributed by atoms with Gasteiger partial charge < -0.3 is 44.5 Å². The fourth-order valence-electron chi connectivity index (χ4n) is 3.42. The van der Waals surface area contributed by atoms with Gasteiger partial charge in [-0.25, -0.2) is 0 Å². The standard InChI is InChI=1S/C21H22O9/c22-9-15-16(25)17(26)18(27)21(29-15)30-20-14(24)6-3-11-8-13(28-19(11)20)7-10-1-4-12(23)5-2-10/h1-6,8,15-18,21-27H,7,9H2/t15-,16-,17+,18-,21+/m1/s1. The van der Waals surface area contributed by atoms with Gasteiger partial charge in [-0.3, -0.25) is 0 Å². The van der Waals surface area contributed by atoms with E-state index in [0.717, 1.165) is 5.56 Å². The molecule has 1 aliphatic rings. The molecule has 160 valence electrons. The molecular formula is C21H22O9. The lowest BCUT2D eigenvalue weighted by atomic mass is 9.99. The molecule has 2 heterocycles. The van der Waals surface area contributed by atoms with Gasteiger partial charge >= 0.3 is 0 Å². The maximum Gasteiger partial charge on any atom is 0.229 e. The van der Waals surface area contributed by atoms with Crippen molar-refractivity contribution >= 4 is 11.0 Å². The number of hydrogen-bond acceptors (Lipinski definition) is 9. The summed E-state index contributed by atoms with van der Waals surface area (Å²) in [5.74, 6) is 0.349. The smallest absolute Gasteiger partial charge is 0.229 e. The molecule has 2 aromatic carbocycles. The van der Waals surface area contributed by atoms with Crippen LogP contribution in [0.1, 0.15) is 11.3 Å². The van der Waals surface area contributed by atoms with Crippen molar-refractivity contribution in [2.75, 3.05) is 6.61 Å². The van der Waals surface area contributed by atoms with Gasteiger partial charge in [-0.1, -0.05) is 12.1 Å². The quantitative estimate of drug-likeness (QED) is 0.350. The normalized spacial score (nSPS) is 26.7. The summed E-state index contributed by atoms with van der Waals surface area (Å²) in [7, 11) is 0. The van der Waals surface area contributed by atoms with E-state index in [1.54, 1.807) is 36.4 Å². The van der Waals surface area contributed by atoms with E-state index < -0.39 is 37.3 Å². The molecule has 0 radical (unpaired) electrons. The summed E-state index contributed by atoms with van der Waals surface area (Å²) in [6, 6.07) is 11.4.